The summed E-state index contributed by atoms with van der Waals surface area (Å²) in [5.41, 5.74) is 1.01. The molecule has 0 fully saturated rings. The zero-order valence-electron chi connectivity index (χ0n) is 13.5. The van der Waals surface area contributed by atoms with Gasteiger partial charge in [0.1, 0.15) is 5.82 Å². The van der Waals surface area contributed by atoms with Crippen molar-refractivity contribution in [3.8, 4) is 11.5 Å². The van der Waals surface area contributed by atoms with Gasteiger partial charge in [-0.1, -0.05) is 6.07 Å². The average Bonchev–Trinajstić information content (AvgIpc) is 3.07. The number of halogens is 1. The minimum Gasteiger partial charge on any atom is -0.454 e. The number of fused-ring (bicyclic) bond motifs is 1. The van der Waals surface area contributed by atoms with Crippen LogP contribution in [0.2, 0.25) is 0 Å². The number of rotatable bonds is 5. The predicted molar refractivity (Wildman–Crippen MR) is 85.7 cm³/mol. The van der Waals surface area contributed by atoms with Crippen LogP contribution in [-0.4, -0.2) is 24.8 Å². The Balaban J connectivity index is 1.52. The molecule has 1 atom stereocenters. The van der Waals surface area contributed by atoms with Crippen molar-refractivity contribution in [3.63, 3.8) is 0 Å². The standard InChI is InChI=1S/C18H16FNO5/c1-11(25-18(22)13-3-5-14(19)6-4-13)17(21)20-9-12-2-7-15-16(8-12)24-10-23-15/h2-8,11H,9-10H2,1H3,(H,20,21)/t11-/m1/s1. The van der Waals surface area contributed by atoms with Crippen LogP contribution in [0.3, 0.4) is 0 Å². The fraction of sp³-hybridized carbons (Fsp3) is 0.222. The Morgan fingerprint density at radius 2 is 1.88 bits per heavy atom. The summed E-state index contributed by atoms with van der Waals surface area (Å²) in [6.07, 6.45) is -0.980. The molecule has 0 saturated heterocycles. The number of esters is 1. The molecule has 0 aromatic heterocycles. The van der Waals surface area contributed by atoms with Crippen molar-refractivity contribution in [1.29, 1.82) is 0 Å². The topological polar surface area (TPSA) is 73.9 Å². The molecule has 1 aliphatic heterocycles. The lowest BCUT2D eigenvalue weighted by Gasteiger charge is -2.13. The van der Waals surface area contributed by atoms with Crippen molar-refractivity contribution in [2.75, 3.05) is 6.79 Å². The van der Waals surface area contributed by atoms with Gasteiger partial charge in [0.25, 0.3) is 5.91 Å². The molecule has 25 heavy (non-hydrogen) atoms. The molecule has 1 N–H and O–H groups in total. The van der Waals surface area contributed by atoms with Gasteiger partial charge in [-0.2, -0.15) is 0 Å². The lowest BCUT2D eigenvalue weighted by atomic mass is 10.2. The van der Waals surface area contributed by atoms with Crippen LogP contribution < -0.4 is 14.8 Å². The van der Waals surface area contributed by atoms with Crippen molar-refractivity contribution >= 4 is 11.9 Å². The molecule has 6 nitrogen and oxygen atoms in total. The summed E-state index contributed by atoms with van der Waals surface area (Å²) < 4.78 is 28.4. The molecule has 1 aliphatic rings. The van der Waals surface area contributed by atoms with E-state index in [1.165, 1.54) is 19.1 Å². The van der Waals surface area contributed by atoms with Gasteiger partial charge in [0.15, 0.2) is 17.6 Å². The molecule has 0 aliphatic carbocycles. The normalized spacial score (nSPS) is 13.2. The molecule has 130 valence electrons. The van der Waals surface area contributed by atoms with Gasteiger partial charge in [0, 0.05) is 6.54 Å². The van der Waals surface area contributed by atoms with E-state index in [9.17, 15) is 14.0 Å². The predicted octanol–water partition coefficient (Wildman–Crippen LogP) is 2.42. The number of benzene rings is 2. The van der Waals surface area contributed by atoms with E-state index < -0.39 is 23.8 Å². The summed E-state index contributed by atoms with van der Waals surface area (Å²) in [6, 6.07) is 10.3. The van der Waals surface area contributed by atoms with Gasteiger partial charge in [-0.05, 0) is 48.9 Å². The van der Waals surface area contributed by atoms with E-state index in [1.807, 2.05) is 6.07 Å². The van der Waals surface area contributed by atoms with E-state index in [4.69, 9.17) is 14.2 Å². The van der Waals surface area contributed by atoms with Gasteiger partial charge in [-0.25, -0.2) is 9.18 Å². The van der Waals surface area contributed by atoms with Crippen molar-refractivity contribution in [2.45, 2.75) is 19.6 Å². The number of carbonyl (C=O) groups excluding carboxylic acids is 2. The van der Waals surface area contributed by atoms with E-state index in [2.05, 4.69) is 5.32 Å². The zero-order valence-corrected chi connectivity index (χ0v) is 13.5. The van der Waals surface area contributed by atoms with E-state index >= 15 is 0 Å². The SMILES string of the molecule is C[C@@H](OC(=O)c1ccc(F)cc1)C(=O)NCc1ccc2c(c1)OCO2. The minimum absolute atomic E-state index is 0.178. The number of hydrogen-bond acceptors (Lipinski definition) is 5. The van der Waals surface area contributed by atoms with Gasteiger partial charge >= 0.3 is 5.97 Å². The van der Waals surface area contributed by atoms with E-state index in [-0.39, 0.29) is 18.9 Å². The maximum atomic E-state index is 12.9. The largest absolute Gasteiger partial charge is 0.454 e. The number of hydrogen-bond donors (Lipinski definition) is 1. The summed E-state index contributed by atoms with van der Waals surface area (Å²) >= 11 is 0. The zero-order chi connectivity index (χ0) is 17.8. The van der Waals surface area contributed by atoms with Crippen LogP contribution in [0.25, 0.3) is 0 Å². The number of carbonyl (C=O) groups is 2. The molecule has 3 rings (SSSR count). The smallest absolute Gasteiger partial charge is 0.338 e. The van der Waals surface area contributed by atoms with Gasteiger partial charge in [-0.3, -0.25) is 4.79 Å². The van der Waals surface area contributed by atoms with Gasteiger partial charge in [-0.15, -0.1) is 0 Å². The Hall–Kier alpha value is -3.09. The highest BCUT2D eigenvalue weighted by molar-refractivity contribution is 5.92. The van der Waals surface area contributed by atoms with Crippen molar-refractivity contribution in [2.24, 2.45) is 0 Å². The Morgan fingerprint density at radius 1 is 1.16 bits per heavy atom. The monoisotopic (exact) mass is 345 g/mol. The van der Waals surface area contributed by atoms with Crippen LogP contribution in [0, 0.1) is 5.82 Å². The second kappa shape index (κ2) is 7.21. The third-order valence-corrected chi connectivity index (χ3v) is 3.64. The molecule has 0 saturated carbocycles. The van der Waals surface area contributed by atoms with Crippen LogP contribution in [-0.2, 0) is 16.1 Å². The summed E-state index contributed by atoms with van der Waals surface area (Å²) in [6.45, 7) is 1.91. The second-order valence-electron chi connectivity index (χ2n) is 5.46. The van der Waals surface area contributed by atoms with Crippen molar-refractivity contribution in [3.05, 3.63) is 59.4 Å². The fourth-order valence-electron chi connectivity index (χ4n) is 2.25. The third kappa shape index (κ3) is 4.06. The lowest BCUT2D eigenvalue weighted by molar-refractivity contribution is -0.129. The number of nitrogens with one attached hydrogen (secondary N) is 1. The molecule has 2 aromatic rings. The highest BCUT2D eigenvalue weighted by Gasteiger charge is 2.19. The highest BCUT2D eigenvalue weighted by Crippen LogP contribution is 2.32. The van der Waals surface area contributed by atoms with Crippen LogP contribution in [0.1, 0.15) is 22.8 Å². The average molecular weight is 345 g/mol. The molecular weight excluding hydrogens is 329 g/mol. The quantitative estimate of drug-likeness (QED) is 0.843. The van der Waals surface area contributed by atoms with Crippen LogP contribution in [0.4, 0.5) is 4.39 Å². The first-order valence-corrected chi connectivity index (χ1v) is 7.66. The van der Waals surface area contributed by atoms with E-state index in [1.54, 1.807) is 12.1 Å². The van der Waals surface area contributed by atoms with Gasteiger partial charge < -0.3 is 19.5 Å². The number of amides is 1. The van der Waals surface area contributed by atoms with Crippen LogP contribution in [0.15, 0.2) is 42.5 Å². The Kier molecular flexibility index (Phi) is 4.83. The molecule has 0 bridgehead atoms. The Bertz CT molecular complexity index is 791. The molecule has 1 amide bonds. The molecular formula is C18H16FNO5. The van der Waals surface area contributed by atoms with E-state index in [0.29, 0.717) is 11.5 Å². The maximum absolute atomic E-state index is 12.9. The van der Waals surface area contributed by atoms with Gasteiger partial charge in [0.05, 0.1) is 5.56 Å². The third-order valence-electron chi connectivity index (χ3n) is 3.64. The van der Waals surface area contributed by atoms with Crippen molar-refractivity contribution < 1.29 is 28.2 Å². The Morgan fingerprint density at radius 3 is 2.64 bits per heavy atom. The number of ether oxygens (including phenoxy) is 3. The second-order valence-corrected chi connectivity index (χ2v) is 5.46. The Labute approximate surface area is 143 Å². The lowest BCUT2D eigenvalue weighted by Crippen LogP contribution is -2.35. The summed E-state index contributed by atoms with van der Waals surface area (Å²) in [5, 5.41) is 2.68. The van der Waals surface area contributed by atoms with E-state index in [0.717, 1.165) is 17.7 Å². The van der Waals surface area contributed by atoms with Crippen LogP contribution >= 0.6 is 0 Å². The fourth-order valence-corrected chi connectivity index (χ4v) is 2.25. The maximum Gasteiger partial charge on any atom is 0.338 e. The first kappa shape index (κ1) is 16.8. The molecule has 0 spiro atoms. The summed E-state index contributed by atoms with van der Waals surface area (Å²) in [4.78, 5) is 24.0. The first-order valence-electron chi connectivity index (χ1n) is 7.66. The molecule has 2 aromatic carbocycles. The van der Waals surface area contributed by atoms with Crippen molar-refractivity contribution in [1.82, 2.24) is 5.32 Å². The summed E-state index contributed by atoms with van der Waals surface area (Å²) in [7, 11) is 0. The molecule has 7 heteroatoms. The molecule has 0 radical (unpaired) electrons. The van der Waals surface area contributed by atoms with Gasteiger partial charge in [0.2, 0.25) is 6.79 Å². The molecule has 0 unspecified atom stereocenters. The first-order chi connectivity index (χ1) is 12.0. The molecule has 1 heterocycles. The minimum atomic E-state index is -0.980. The highest BCUT2D eigenvalue weighted by atomic mass is 19.1. The summed E-state index contributed by atoms with van der Waals surface area (Å²) in [5.74, 6) is -0.288. The van der Waals surface area contributed by atoms with Crippen LogP contribution in [0.5, 0.6) is 11.5 Å².